The molecular formula is C28H18I2SSi. The highest BCUT2D eigenvalue weighted by Gasteiger charge is 2.51. The molecule has 1 aliphatic rings. The van der Waals surface area contributed by atoms with Crippen LogP contribution in [0.25, 0.3) is 18.9 Å². The molecule has 5 aromatic rings. The maximum atomic E-state index is 2.63. The number of benzene rings is 4. The Morgan fingerprint density at radius 3 is 1.81 bits per heavy atom. The van der Waals surface area contributed by atoms with Gasteiger partial charge < -0.3 is 0 Å². The van der Waals surface area contributed by atoms with Crippen molar-refractivity contribution in [1.29, 1.82) is 0 Å². The lowest BCUT2D eigenvalue weighted by atomic mass is 10.2. The molecule has 2 heterocycles. The summed E-state index contributed by atoms with van der Waals surface area (Å²) in [5.41, 5.74) is 1.40. The van der Waals surface area contributed by atoms with E-state index in [1.807, 2.05) is 11.3 Å². The van der Waals surface area contributed by atoms with Gasteiger partial charge in [-0.15, -0.1) is 11.3 Å². The van der Waals surface area contributed by atoms with E-state index in [9.17, 15) is 0 Å². The van der Waals surface area contributed by atoms with Gasteiger partial charge in [0, 0.05) is 22.1 Å². The van der Waals surface area contributed by atoms with Gasteiger partial charge in [0.05, 0.1) is 0 Å². The van der Waals surface area contributed by atoms with E-state index in [-0.39, 0.29) is 0 Å². The molecule has 0 radical (unpaired) electrons. The van der Waals surface area contributed by atoms with Crippen molar-refractivity contribution in [3.63, 3.8) is 0 Å². The van der Waals surface area contributed by atoms with Crippen LogP contribution in [0.1, 0.15) is 10.4 Å². The van der Waals surface area contributed by atoms with Crippen LogP contribution >= 0.6 is 56.5 Å². The molecule has 0 unspecified atom stereocenters. The highest BCUT2D eigenvalue weighted by atomic mass is 127. The van der Waals surface area contributed by atoms with Crippen LogP contribution in [0.5, 0.6) is 0 Å². The van der Waals surface area contributed by atoms with Gasteiger partial charge in [0.25, 0.3) is 0 Å². The molecule has 0 bridgehead atoms. The summed E-state index contributed by atoms with van der Waals surface area (Å²) >= 11 is 7.16. The van der Waals surface area contributed by atoms with Gasteiger partial charge in [0.1, 0.15) is 0 Å². The average Bonchev–Trinajstić information content (AvgIpc) is 3.32. The van der Waals surface area contributed by atoms with Crippen LogP contribution in [0, 0.1) is 3.57 Å². The third kappa shape index (κ3) is 2.96. The minimum Gasteiger partial charge on any atom is -0.135 e. The molecule has 0 nitrogen and oxygen atoms in total. The Balaban J connectivity index is 1.80. The van der Waals surface area contributed by atoms with Crippen LogP contribution in [0.15, 0.2) is 109 Å². The van der Waals surface area contributed by atoms with Gasteiger partial charge in [0.15, 0.2) is 8.07 Å². The van der Waals surface area contributed by atoms with Crippen molar-refractivity contribution >= 4 is 99.0 Å². The SMILES string of the molecule is IC1=C(c2sc3ccccc3c2I)[Si](c2ccccc2)(c2ccccc2)c2ccccc21. The monoisotopic (exact) mass is 668 g/mol. The summed E-state index contributed by atoms with van der Waals surface area (Å²) in [6, 6.07) is 40.4. The van der Waals surface area contributed by atoms with Crippen LogP contribution < -0.4 is 15.6 Å². The van der Waals surface area contributed by atoms with Crippen LogP contribution in [0.3, 0.4) is 0 Å². The second-order valence-corrected chi connectivity index (χ2v) is 14.9. The number of rotatable bonds is 3. The molecule has 0 fully saturated rings. The van der Waals surface area contributed by atoms with Crippen molar-refractivity contribution in [1.82, 2.24) is 0 Å². The van der Waals surface area contributed by atoms with Gasteiger partial charge in [-0.25, -0.2) is 0 Å². The van der Waals surface area contributed by atoms with E-state index >= 15 is 0 Å². The standard InChI is InChI=1S/C28H18I2SSi/c29-25-21-15-7-9-17-23(21)31-27(25)28-26(30)22-16-8-10-18-24(22)32(28,19-11-3-1-4-12-19)20-13-5-2-6-14-20/h1-18H. The summed E-state index contributed by atoms with van der Waals surface area (Å²) in [6.45, 7) is 0. The molecule has 32 heavy (non-hydrogen) atoms. The lowest BCUT2D eigenvalue weighted by Crippen LogP contribution is -2.66. The van der Waals surface area contributed by atoms with Crippen molar-refractivity contribution in [3.05, 3.63) is 123 Å². The number of thiophene rings is 1. The van der Waals surface area contributed by atoms with Gasteiger partial charge in [-0.05, 0) is 77.6 Å². The normalized spacial score (nSPS) is 14.7. The second kappa shape index (κ2) is 8.24. The molecule has 1 aromatic heterocycles. The lowest BCUT2D eigenvalue weighted by molar-refractivity contribution is 1.68. The Hall–Kier alpha value is -1.74. The molecule has 0 amide bonds. The quantitative estimate of drug-likeness (QED) is 0.146. The van der Waals surface area contributed by atoms with Gasteiger partial charge in [-0.3, -0.25) is 0 Å². The second-order valence-electron chi connectivity index (χ2n) is 7.96. The molecule has 154 valence electrons. The predicted molar refractivity (Wildman–Crippen MR) is 159 cm³/mol. The van der Waals surface area contributed by atoms with Crippen molar-refractivity contribution in [2.45, 2.75) is 0 Å². The summed E-state index contributed by atoms with van der Waals surface area (Å²) in [7, 11) is -2.46. The average molecular weight is 668 g/mol. The van der Waals surface area contributed by atoms with E-state index in [4.69, 9.17) is 0 Å². The molecule has 4 aromatic carbocycles. The fraction of sp³-hybridized carbons (Fsp3) is 0. The van der Waals surface area contributed by atoms with E-state index in [2.05, 4.69) is 154 Å². The number of halogens is 2. The molecule has 4 heteroatoms. The van der Waals surface area contributed by atoms with Gasteiger partial charge in [-0.1, -0.05) is 103 Å². The smallest absolute Gasteiger partial charge is 0.135 e. The number of hydrogen-bond donors (Lipinski definition) is 0. The minimum atomic E-state index is -2.46. The number of hydrogen-bond acceptors (Lipinski definition) is 1. The Morgan fingerprint density at radius 1 is 0.594 bits per heavy atom. The summed E-state index contributed by atoms with van der Waals surface area (Å²) in [4.78, 5) is 1.44. The predicted octanol–water partition coefficient (Wildman–Crippen LogP) is 6.83. The Kier molecular flexibility index (Phi) is 5.36. The van der Waals surface area contributed by atoms with Gasteiger partial charge in [-0.2, -0.15) is 0 Å². The number of fused-ring (bicyclic) bond motifs is 2. The van der Waals surface area contributed by atoms with E-state index in [0.29, 0.717) is 0 Å². The molecule has 0 atom stereocenters. The van der Waals surface area contributed by atoms with Gasteiger partial charge in [0.2, 0.25) is 0 Å². The molecule has 1 aliphatic heterocycles. The van der Waals surface area contributed by atoms with E-state index in [1.165, 1.54) is 43.2 Å². The maximum Gasteiger partial charge on any atom is 0.183 e. The zero-order valence-corrected chi connectivity index (χ0v) is 23.2. The van der Waals surface area contributed by atoms with Crippen molar-refractivity contribution in [2.24, 2.45) is 0 Å². The summed E-state index contributed by atoms with van der Waals surface area (Å²) in [5, 5.41) is 7.32. The zero-order chi connectivity index (χ0) is 21.7. The summed E-state index contributed by atoms with van der Waals surface area (Å²) in [6.07, 6.45) is 0. The Bertz CT molecular complexity index is 1450. The highest BCUT2D eigenvalue weighted by Crippen LogP contribution is 2.48. The van der Waals surface area contributed by atoms with E-state index < -0.39 is 8.07 Å². The zero-order valence-electron chi connectivity index (χ0n) is 17.1. The van der Waals surface area contributed by atoms with Crippen LogP contribution in [0.2, 0.25) is 0 Å². The van der Waals surface area contributed by atoms with Crippen molar-refractivity contribution in [3.8, 4) is 0 Å². The highest BCUT2D eigenvalue weighted by molar-refractivity contribution is 14.1. The first-order valence-electron chi connectivity index (χ1n) is 10.5. The molecule has 0 N–H and O–H groups in total. The maximum absolute atomic E-state index is 2.63. The first-order chi connectivity index (χ1) is 15.7. The fourth-order valence-corrected chi connectivity index (χ4v) is 15.7. The van der Waals surface area contributed by atoms with Crippen LogP contribution in [-0.2, 0) is 0 Å². The largest absolute Gasteiger partial charge is 0.183 e. The third-order valence-corrected chi connectivity index (χ3v) is 15.7. The molecule has 0 saturated heterocycles. The summed E-state index contributed by atoms with van der Waals surface area (Å²) < 4.78 is 4.15. The van der Waals surface area contributed by atoms with E-state index in [0.717, 1.165) is 0 Å². The first kappa shape index (κ1) is 20.8. The van der Waals surface area contributed by atoms with Crippen molar-refractivity contribution in [2.75, 3.05) is 0 Å². The van der Waals surface area contributed by atoms with Crippen molar-refractivity contribution < 1.29 is 0 Å². The first-order valence-corrected chi connectivity index (χ1v) is 15.5. The molecule has 0 spiro atoms. The topological polar surface area (TPSA) is 0 Å². The Morgan fingerprint density at radius 2 is 1.16 bits per heavy atom. The van der Waals surface area contributed by atoms with Crippen LogP contribution in [-0.4, -0.2) is 8.07 Å². The lowest BCUT2D eigenvalue weighted by Gasteiger charge is -2.33. The van der Waals surface area contributed by atoms with E-state index in [1.54, 1.807) is 5.20 Å². The minimum absolute atomic E-state index is 1.36. The van der Waals surface area contributed by atoms with Crippen LogP contribution in [0.4, 0.5) is 0 Å². The Labute approximate surface area is 220 Å². The summed E-state index contributed by atoms with van der Waals surface area (Å²) in [5.74, 6) is 0. The molecule has 0 saturated carbocycles. The third-order valence-electron chi connectivity index (χ3n) is 6.34. The molecule has 6 rings (SSSR count). The molecular weight excluding hydrogens is 650 g/mol. The van der Waals surface area contributed by atoms with Gasteiger partial charge >= 0.3 is 0 Å². The molecule has 0 aliphatic carbocycles. The fourth-order valence-electron chi connectivity index (χ4n) is 5.02.